The Hall–Kier alpha value is -2.66. The molecule has 0 bridgehead atoms. The fourth-order valence-electron chi connectivity index (χ4n) is 2.82. The maximum atomic E-state index is 12.0. The standard InChI is InChI=1S/C19H18ClN3O2/c1-12-8-13(2)18(14(3)9-12)23-10-17(21-22-23)11-25-19(24)15-4-6-16(20)7-5-15/h4-10H,11H2,1-3H3. The van der Waals surface area contributed by atoms with Crippen LogP contribution in [-0.2, 0) is 11.3 Å². The third kappa shape index (κ3) is 3.88. The molecule has 6 heteroatoms. The number of halogens is 1. The fraction of sp³-hybridized carbons (Fsp3) is 0.211. The molecule has 0 aliphatic heterocycles. The molecule has 0 N–H and O–H groups in total. The molecule has 1 heterocycles. The first-order chi connectivity index (χ1) is 11.9. The summed E-state index contributed by atoms with van der Waals surface area (Å²) < 4.78 is 7.00. The number of hydrogen-bond acceptors (Lipinski definition) is 4. The number of aromatic nitrogens is 3. The zero-order valence-electron chi connectivity index (χ0n) is 14.3. The Labute approximate surface area is 151 Å². The van der Waals surface area contributed by atoms with Crippen LogP contribution in [-0.4, -0.2) is 21.0 Å². The van der Waals surface area contributed by atoms with Crippen LogP contribution < -0.4 is 0 Å². The van der Waals surface area contributed by atoms with E-state index in [-0.39, 0.29) is 6.61 Å². The molecule has 128 valence electrons. The van der Waals surface area contributed by atoms with E-state index >= 15 is 0 Å². The lowest BCUT2D eigenvalue weighted by atomic mass is 10.1. The molecule has 0 saturated heterocycles. The van der Waals surface area contributed by atoms with Crippen molar-refractivity contribution in [2.45, 2.75) is 27.4 Å². The van der Waals surface area contributed by atoms with E-state index in [2.05, 4.69) is 29.4 Å². The van der Waals surface area contributed by atoms with Crippen molar-refractivity contribution in [1.29, 1.82) is 0 Å². The van der Waals surface area contributed by atoms with Crippen LogP contribution in [0, 0.1) is 20.8 Å². The van der Waals surface area contributed by atoms with Crippen molar-refractivity contribution >= 4 is 17.6 Å². The van der Waals surface area contributed by atoms with Gasteiger partial charge in [-0.15, -0.1) is 5.10 Å². The molecule has 0 aliphatic carbocycles. The van der Waals surface area contributed by atoms with Crippen LogP contribution in [0.25, 0.3) is 5.69 Å². The van der Waals surface area contributed by atoms with Crippen molar-refractivity contribution in [3.05, 3.63) is 75.6 Å². The van der Waals surface area contributed by atoms with Crippen LogP contribution in [0.5, 0.6) is 0 Å². The number of nitrogens with zero attached hydrogens (tertiary/aromatic N) is 3. The molecule has 0 radical (unpaired) electrons. The molecule has 0 atom stereocenters. The molecule has 5 nitrogen and oxygen atoms in total. The van der Waals surface area contributed by atoms with Crippen LogP contribution in [0.4, 0.5) is 0 Å². The first kappa shape index (κ1) is 17.2. The van der Waals surface area contributed by atoms with Gasteiger partial charge < -0.3 is 4.74 Å². The van der Waals surface area contributed by atoms with Gasteiger partial charge in [-0.25, -0.2) is 9.48 Å². The number of rotatable bonds is 4. The molecule has 3 rings (SSSR count). The van der Waals surface area contributed by atoms with E-state index in [0.717, 1.165) is 16.8 Å². The molecule has 0 fully saturated rings. The summed E-state index contributed by atoms with van der Waals surface area (Å²) in [4.78, 5) is 12.0. The zero-order chi connectivity index (χ0) is 18.0. The summed E-state index contributed by atoms with van der Waals surface area (Å²) in [6.45, 7) is 6.20. The highest BCUT2D eigenvalue weighted by Crippen LogP contribution is 2.20. The summed E-state index contributed by atoms with van der Waals surface area (Å²) in [5.41, 5.74) is 5.47. The molecular formula is C19H18ClN3O2. The van der Waals surface area contributed by atoms with E-state index in [4.69, 9.17) is 16.3 Å². The predicted octanol–water partition coefficient (Wildman–Crippen LogP) is 4.20. The maximum absolute atomic E-state index is 12.0. The van der Waals surface area contributed by atoms with Crippen LogP contribution >= 0.6 is 11.6 Å². The van der Waals surface area contributed by atoms with Crippen molar-refractivity contribution < 1.29 is 9.53 Å². The number of carbonyl (C=O) groups excluding carboxylic acids is 1. The molecule has 0 amide bonds. The molecule has 0 aliphatic rings. The normalized spacial score (nSPS) is 10.7. The van der Waals surface area contributed by atoms with Gasteiger partial charge in [-0.1, -0.05) is 34.5 Å². The average Bonchev–Trinajstić information content (AvgIpc) is 3.01. The van der Waals surface area contributed by atoms with Crippen molar-refractivity contribution in [2.75, 3.05) is 0 Å². The number of benzene rings is 2. The monoisotopic (exact) mass is 355 g/mol. The molecule has 0 spiro atoms. The Balaban J connectivity index is 1.72. The van der Waals surface area contributed by atoms with Gasteiger partial charge in [0, 0.05) is 5.02 Å². The molecule has 0 unspecified atom stereocenters. The van der Waals surface area contributed by atoms with Crippen LogP contribution in [0.3, 0.4) is 0 Å². The fourth-order valence-corrected chi connectivity index (χ4v) is 2.94. The molecule has 25 heavy (non-hydrogen) atoms. The highest BCUT2D eigenvalue weighted by atomic mass is 35.5. The number of aryl methyl sites for hydroxylation is 3. The van der Waals surface area contributed by atoms with Gasteiger partial charge in [-0.05, 0) is 56.2 Å². The van der Waals surface area contributed by atoms with Gasteiger partial charge in [0.05, 0.1) is 17.4 Å². The third-order valence-corrected chi connectivity index (χ3v) is 4.09. The zero-order valence-corrected chi connectivity index (χ0v) is 15.0. The number of carbonyl (C=O) groups is 1. The largest absolute Gasteiger partial charge is 0.455 e. The topological polar surface area (TPSA) is 57.0 Å². The van der Waals surface area contributed by atoms with E-state index in [1.54, 1.807) is 35.1 Å². The summed E-state index contributed by atoms with van der Waals surface area (Å²) >= 11 is 5.81. The Morgan fingerprint density at radius 3 is 2.40 bits per heavy atom. The van der Waals surface area contributed by atoms with Gasteiger partial charge in [0.25, 0.3) is 0 Å². The van der Waals surface area contributed by atoms with Crippen molar-refractivity contribution in [1.82, 2.24) is 15.0 Å². The first-order valence-corrected chi connectivity index (χ1v) is 8.24. The van der Waals surface area contributed by atoms with Crippen LogP contribution in [0.1, 0.15) is 32.7 Å². The maximum Gasteiger partial charge on any atom is 0.338 e. The molecular weight excluding hydrogens is 338 g/mol. The number of hydrogen-bond donors (Lipinski definition) is 0. The summed E-state index contributed by atoms with van der Waals surface area (Å²) in [5.74, 6) is -0.422. The number of ether oxygens (including phenoxy) is 1. The predicted molar refractivity (Wildman–Crippen MR) is 96.1 cm³/mol. The van der Waals surface area contributed by atoms with Crippen molar-refractivity contribution in [3.8, 4) is 5.69 Å². The first-order valence-electron chi connectivity index (χ1n) is 7.86. The summed E-state index contributed by atoms with van der Waals surface area (Å²) in [5, 5.41) is 8.82. The van der Waals surface area contributed by atoms with Gasteiger partial charge in [-0.3, -0.25) is 0 Å². The second-order valence-electron chi connectivity index (χ2n) is 5.98. The lowest BCUT2D eigenvalue weighted by molar-refractivity contribution is 0.0467. The Morgan fingerprint density at radius 2 is 1.76 bits per heavy atom. The summed E-state index contributed by atoms with van der Waals surface area (Å²) in [6.07, 6.45) is 1.78. The van der Waals surface area contributed by atoms with Crippen LogP contribution in [0.15, 0.2) is 42.6 Å². The molecule has 3 aromatic rings. The minimum absolute atomic E-state index is 0.0609. The van der Waals surface area contributed by atoms with E-state index in [9.17, 15) is 4.79 Å². The van der Waals surface area contributed by atoms with E-state index in [1.807, 2.05) is 13.8 Å². The number of esters is 1. The minimum Gasteiger partial charge on any atom is -0.455 e. The van der Waals surface area contributed by atoms with Crippen molar-refractivity contribution in [3.63, 3.8) is 0 Å². The van der Waals surface area contributed by atoms with E-state index in [1.165, 1.54) is 5.56 Å². The molecule has 2 aromatic carbocycles. The van der Waals surface area contributed by atoms with Gasteiger partial charge in [-0.2, -0.15) is 0 Å². The van der Waals surface area contributed by atoms with Gasteiger partial charge in [0.2, 0.25) is 0 Å². The Kier molecular flexibility index (Phi) is 4.86. The second kappa shape index (κ2) is 7.07. The van der Waals surface area contributed by atoms with E-state index < -0.39 is 5.97 Å². The summed E-state index contributed by atoms with van der Waals surface area (Å²) in [7, 11) is 0. The Bertz CT molecular complexity index is 894. The van der Waals surface area contributed by atoms with Gasteiger partial charge in [0.1, 0.15) is 12.3 Å². The minimum atomic E-state index is -0.422. The molecule has 1 aromatic heterocycles. The smallest absolute Gasteiger partial charge is 0.338 e. The van der Waals surface area contributed by atoms with Gasteiger partial charge >= 0.3 is 5.97 Å². The summed E-state index contributed by atoms with van der Waals surface area (Å²) in [6, 6.07) is 10.8. The van der Waals surface area contributed by atoms with E-state index in [0.29, 0.717) is 16.3 Å². The Morgan fingerprint density at radius 1 is 1.12 bits per heavy atom. The SMILES string of the molecule is Cc1cc(C)c(-n2cc(COC(=O)c3ccc(Cl)cc3)nn2)c(C)c1. The second-order valence-corrected chi connectivity index (χ2v) is 6.42. The lowest BCUT2D eigenvalue weighted by Crippen LogP contribution is -2.05. The molecule has 0 saturated carbocycles. The van der Waals surface area contributed by atoms with Gasteiger partial charge in [0.15, 0.2) is 0 Å². The van der Waals surface area contributed by atoms with Crippen LogP contribution in [0.2, 0.25) is 5.02 Å². The highest BCUT2D eigenvalue weighted by Gasteiger charge is 2.12. The van der Waals surface area contributed by atoms with Crippen molar-refractivity contribution in [2.24, 2.45) is 0 Å². The lowest BCUT2D eigenvalue weighted by Gasteiger charge is -2.10. The third-order valence-electron chi connectivity index (χ3n) is 3.84. The highest BCUT2D eigenvalue weighted by molar-refractivity contribution is 6.30. The average molecular weight is 356 g/mol. The quantitative estimate of drug-likeness (QED) is 0.658.